The lowest BCUT2D eigenvalue weighted by atomic mass is 10.1. The molecule has 13 heavy (non-hydrogen) atoms. The van der Waals surface area contributed by atoms with Gasteiger partial charge in [-0.05, 0) is 30.4 Å². The highest BCUT2D eigenvalue weighted by atomic mass is 79.9. The molecule has 0 saturated heterocycles. The van der Waals surface area contributed by atoms with Crippen LogP contribution in [0.5, 0.6) is 0 Å². The summed E-state index contributed by atoms with van der Waals surface area (Å²) in [6.45, 7) is 0. The van der Waals surface area contributed by atoms with E-state index in [1.54, 1.807) is 12.1 Å². The van der Waals surface area contributed by atoms with Gasteiger partial charge in [0.2, 0.25) is 0 Å². The van der Waals surface area contributed by atoms with E-state index in [0.29, 0.717) is 17.7 Å². The zero-order valence-electron chi connectivity index (χ0n) is 7.00. The third-order valence-electron chi connectivity index (χ3n) is 1.80. The molecule has 0 aromatic heterocycles. The Bertz CT molecular complexity index is 293. The molecule has 1 rings (SSSR count). The van der Waals surface area contributed by atoms with Crippen molar-refractivity contribution in [2.45, 2.75) is 12.5 Å². The second-order valence-corrected chi connectivity index (χ2v) is 4.15. The van der Waals surface area contributed by atoms with Crippen molar-refractivity contribution in [1.82, 2.24) is 0 Å². The summed E-state index contributed by atoms with van der Waals surface area (Å²) in [4.78, 5) is 0. The van der Waals surface area contributed by atoms with Crippen molar-refractivity contribution in [1.29, 1.82) is 0 Å². The second-order valence-electron chi connectivity index (χ2n) is 2.78. The second kappa shape index (κ2) is 4.98. The van der Waals surface area contributed by atoms with E-state index in [1.165, 1.54) is 6.07 Å². The third kappa shape index (κ3) is 2.97. The molecule has 0 heterocycles. The van der Waals surface area contributed by atoms with Gasteiger partial charge >= 0.3 is 0 Å². The number of thiol groups is 1. The molecule has 0 aliphatic carbocycles. The first kappa shape index (κ1) is 11.0. The molecule has 2 N–H and O–H groups in total. The predicted octanol–water partition coefficient (Wildman–Crippen LogP) is 2.91. The molecule has 72 valence electrons. The quantitative estimate of drug-likeness (QED) is 0.806. The van der Waals surface area contributed by atoms with Crippen LogP contribution in [0.15, 0.2) is 22.7 Å². The van der Waals surface area contributed by atoms with E-state index >= 15 is 0 Å². The van der Waals surface area contributed by atoms with E-state index in [2.05, 4.69) is 28.6 Å². The average molecular weight is 264 g/mol. The Morgan fingerprint density at radius 3 is 2.85 bits per heavy atom. The standard InChI is InChI=1S/C9H11BrFNS/c10-6-1-2-8(11)7(5-6)9(12)3-4-13/h1-2,5,9,13H,3-4,12H2. The van der Waals surface area contributed by atoms with Crippen LogP contribution in [0.2, 0.25) is 0 Å². The van der Waals surface area contributed by atoms with Crippen molar-refractivity contribution in [3.8, 4) is 0 Å². The first-order valence-electron chi connectivity index (χ1n) is 3.96. The number of rotatable bonds is 3. The van der Waals surface area contributed by atoms with Crippen LogP contribution >= 0.6 is 28.6 Å². The van der Waals surface area contributed by atoms with Gasteiger partial charge in [-0.1, -0.05) is 15.9 Å². The first-order valence-corrected chi connectivity index (χ1v) is 5.39. The number of halogens is 2. The Labute approximate surface area is 91.1 Å². The van der Waals surface area contributed by atoms with Crippen molar-refractivity contribution in [3.63, 3.8) is 0 Å². The topological polar surface area (TPSA) is 26.0 Å². The van der Waals surface area contributed by atoms with Gasteiger partial charge in [0.05, 0.1) is 0 Å². The van der Waals surface area contributed by atoms with E-state index in [4.69, 9.17) is 5.73 Å². The molecule has 0 bridgehead atoms. The monoisotopic (exact) mass is 263 g/mol. The third-order valence-corrected chi connectivity index (χ3v) is 2.55. The average Bonchev–Trinajstić information content (AvgIpc) is 2.09. The van der Waals surface area contributed by atoms with E-state index in [9.17, 15) is 4.39 Å². The highest BCUT2D eigenvalue weighted by Crippen LogP contribution is 2.22. The van der Waals surface area contributed by atoms with Crippen molar-refractivity contribution >= 4 is 28.6 Å². The van der Waals surface area contributed by atoms with Gasteiger partial charge in [-0.3, -0.25) is 0 Å². The molecule has 4 heteroatoms. The number of hydrogen-bond donors (Lipinski definition) is 2. The molecule has 0 spiro atoms. The summed E-state index contributed by atoms with van der Waals surface area (Å²) < 4.78 is 14.1. The summed E-state index contributed by atoms with van der Waals surface area (Å²) in [7, 11) is 0. The molecular weight excluding hydrogens is 253 g/mol. The SMILES string of the molecule is NC(CCS)c1cc(Br)ccc1F. The minimum atomic E-state index is -0.269. The zero-order chi connectivity index (χ0) is 9.84. The summed E-state index contributed by atoms with van der Waals surface area (Å²) in [6, 6.07) is 4.52. The summed E-state index contributed by atoms with van der Waals surface area (Å²) >= 11 is 7.33. The maximum absolute atomic E-state index is 13.2. The molecule has 1 aromatic carbocycles. The first-order chi connectivity index (χ1) is 6.15. The van der Waals surface area contributed by atoms with Gasteiger partial charge in [-0.25, -0.2) is 4.39 Å². The Balaban J connectivity index is 2.91. The summed E-state index contributed by atoms with van der Waals surface area (Å²) in [5, 5.41) is 0. The normalized spacial score (nSPS) is 12.9. The van der Waals surface area contributed by atoms with Gasteiger partial charge in [-0.2, -0.15) is 12.6 Å². The maximum Gasteiger partial charge on any atom is 0.128 e. The molecule has 0 saturated carbocycles. The van der Waals surface area contributed by atoms with Gasteiger partial charge in [0, 0.05) is 16.1 Å². The number of hydrogen-bond acceptors (Lipinski definition) is 2. The molecule has 1 unspecified atom stereocenters. The number of benzene rings is 1. The largest absolute Gasteiger partial charge is 0.324 e. The molecule has 1 atom stereocenters. The molecule has 1 nitrogen and oxygen atoms in total. The van der Waals surface area contributed by atoms with Crippen molar-refractivity contribution in [2.24, 2.45) is 5.73 Å². The van der Waals surface area contributed by atoms with Gasteiger partial charge in [0.25, 0.3) is 0 Å². The van der Waals surface area contributed by atoms with Gasteiger partial charge in [0.1, 0.15) is 5.82 Å². The highest BCUT2D eigenvalue weighted by molar-refractivity contribution is 9.10. The molecule has 0 aliphatic rings. The number of nitrogens with two attached hydrogens (primary N) is 1. The molecule has 1 aromatic rings. The maximum atomic E-state index is 13.2. The fraction of sp³-hybridized carbons (Fsp3) is 0.333. The lowest BCUT2D eigenvalue weighted by Crippen LogP contribution is -2.12. The fourth-order valence-corrected chi connectivity index (χ4v) is 1.75. The van der Waals surface area contributed by atoms with Crippen molar-refractivity contribution in [3.05, 3.63) is 34.1 Å². The smallest absolute Gasteiger partial charge is 0.128 e. The van der Waals surface area contributed by atoms with E-state index < -0.39 is 0 Å². The van der Waals surface area contributed by atoms with Crippen LogP contribution in [0.3, 0.4) is 0 Å². The molecule has 0 radical (unpaired) electrons. The molecule has 0 amide bonds. The molecular formula is C9H11BrFNS. The van der Waals surface area contributed by atoms with Gasteiger partial charge in [0.15, 0.2) is 0 Å². The summed E-state index contributed by atoms with van der Waals surface area (Å²) in [5.74, 6) is 0.408. The predicted molar refractivity (Wildman–Crippen MR) is 59.5 cm³/mol. The van der Waals surface area contributed by atoms with Crippen LogP contribution < -0.4 is 5.73 Å². The van der Waals surface area contributed by atoms with Gasteiger partial charge < -0.3 is 5.73 Å². The minimum absolute atomic E-state index is 0.252. The van der Waals surface area contributed by atoms with Crippen LogP contribution in [-0.4, -0.2) is 5.75 Å². The Kier molecular flexibility index (Phi) is 4.22. The van der Waals surface area contributed by atoms with Crippen molar-refractivity contribution < 1.29 is 4.39 Å². The van der Waals surface area contributed by atoms with Crippen LogP contribution in [-0.2, 0) is 0 Å². The Morgan fingerprint density at radius 1 is 1.54 bits per heavy atom. The van der Waals surface area contributed by atoms with E-state index in [-0.39, 0.29) is 11.9 Å². The van der Waals surface area contributed by atoms with E-state index in [1.807, 2.05) is 0 Å². The van der Waals surface area contributed by atoms with E-state index in [0.717, 1.165) is 4.47 Å². The van der Waals surface area contributed by atoms with Crippen LogP contribution in [0.25, 0.3) is 0 Å². The fourth-order valence-electron chi connectivity index (χ4n) is 1.09. The molecule has 0 aliphatic heterocycles. The van der Waals surface area contributed by atoms with Crippen LogP contribution in [0, 0.1) is 5.82 Å². The lowest BCUT2D eigenvalue weighted by Gasteiger charge is -2.11. The summed E-state index contributed by atoms with van der Waals surface area (Å²) in [5.41, 5.74) is 6.31. The van der Waals surface area contributed by atoms with Crippen LogP contribution in [0.4, 0.5) is 4.39 Å². The lowest BCUT2D eigenvalue weighted by molar-refractivity contribution is 0.576. The Hall–Kier alpha value is -0.0600. The van der Waals surface area contributed by atoms with Gasteiger partial charge in [-0.15, -0.1) is 0 Å². The zero-order valence-corrected chi connectivity index (χ0v) is 9.48. The van der Waals surface area contributed by atoms with Crippen molar-refractivity contribution in [2.75, 3.05) is 5.75 Å². The molecule has 0 fully saturated rings. The summed E-state index contributed by atoms with van der Waals surface area (Å²) in [6.07, 6.45) is 0.677. The minimum Gasteiger partial charge on any atom is -0.324 e. The highest BCUT2D eigenvalue weighted by Gasteiger charge is 2.10. The van der Waals surface area contributed by atoms with Crippen LogP contribution in [0.1, 0.15) is 18.0 Å². The Morgan fingerprint density at radius 2 is 2.23 bits per heavy atom.